The third-order valence-electron chi connectivity index (χ3n) is 5.62. The van der Waals surface area contributed by atoms with E-state index in [0.717, 1.165) is 6.42 Å². The third-order valence-corrected chi connectivity index (χ3v) is 5.86. The van der Waals surface area contributed by atoms with Crippen molar-refractivity contribution in [2.75, 3.05) is 6.61 Å². The number of carbonyl (C=O) groups is 2. The molecule has 5 rings (SSSR count). The van der Waals surface area contributed by atoms with E-state index in [2.05, 4.69) is 0 Å². The summed E-state index contributed by atoms with van der Waals surface area (Å²) in [6.45, 7) is 3.84. The molecule has 0 N–H and O–H groups in total. The van der Waals surface area contributed by atoms with Crippen molar-refractivity contribution in [2.45, 2.75) is 20.3 Å². The van der Waals surface area contributed by atoms with Gasteiger partial charge in [0.2, 0.25) is 16.9 Å². The van der Waals surface area contributed by atoms with Crippen LogP contribution in [0.2, 0.25) is 5.02 Å². The lowest BCUT2D eigenvalue weighted by molar-refractivity contribution is 0.0504. The number of ether oxygens (including phenoxy) is 3. The maximum Gasteiger partial charge on any atom is 0.379 e. The molecular formula is C29H21ClO8. The Bertz CT molecular complexity index is 1730. The van der Waals surface area contributed by atoms with Crippen molar-refractivity contribution in [2.24, 2.45) is 0 Å². The average molecular weight is 533 g/mol. The molecule has 38 heavy (non-hydrogen) atoms. The summed E-state index contributed by atoms with van der Waals surface area (Å²) in [7, 11) is 0. The first-order valence-electron chi connectivity index (χ1n) is 11.8. The first-order chi connectivity index (χ1) is 18.3. The Kier molecular flexibility index (Phi) is 6.89. The summed E-state index contributed by atoms with van der Waals surface area (Å²) < 4.78 is 27.7. The summed E-state index contributed by atoms with van der Waals surface area (Å²) in [6.07, 6.45) is 0.727. The molecule has 192 valence electrons. The molecule has 0 aliphatic carbocycles. The third kappa shape index (κ3) is 5.12. The van der Waals surface area contributed by atoms with E-state index in [1.165, 1.54) is 18.2 Å². The van der Waals surface area contributed by atoms with Crippen molar-refractivity contribution >= 4 is 45.5 Å². The van der Waals surface area contributed by atoms with Gasteiger partial charge in [0.15, 0.2) is 0 Å². The molecule has 0 saturated heterocycles. The Hall–Kier alpha value is -4.56. The summed E-state index contributed by atoms with van der Waals surface area (Å²) in [5.41, 5.74) is 0.694. The fraction of sp³-hybridized carbons (Fsp3) is 0.138. The van der Waals surface area contributed by atoms with Crippen LogP contribution in [-0.2, 0) is 4.74 Å². The first kappa shape index (κ1) is 25.1. The van der Waals surface area contributed by atoms with Crippen molar-refractivity contribution in [3.63, 3.8) is 0 Å². The highest BCUT2D eigenvalue weighted by Crippen LogP contribution is 2.29. The highest BCUT2D eigenvalue weighted by atomic mass is 35.5. The van der Waals surface area contributed by atoms with Crippen LogP contribution in [0.3, 0.4) is 0 Å². The molecule has 0 aliphatic rings. The molecular weight excluding hydrogens is 512 g/mol. The summed E-state index contributed by atoms with van der Waals surface area (Å²) >= 11 is 5.99. The van der Waals surface area contributed by atoms with E-state index in [1.54, 1.807) is 55.5 Å². The summed E-state index contributed by atoms with van der Waals surface area (Å²) in [5.74, 6) is -0.379. The lowest BCUT2D eigenvalue weighted by Gasteiger charge is -2.10. The van der Waals surface area contributed by atoms with Crippen molar-refractivity contribution in [1.82, 2.24) is 0 Å². The van der Waals surface area contributed by atoms with E-state index in [4.69, 9.17) is 34.6 Å². The van der Waals surface area contributed by atoms with Crippen molar-refractivity contribution < 1.29 is 32.6 Å². The van der Waals surface area contributed by atoms with E-state index in [9.17, 15) is 14.4 Å². The van der Waals surface area contributed by atoms with E-state index in [0.29, 0.717) is 33.9 Å². The number of fused-ring (bicyclic) bond motifs is 2. The van der Waals surface area contributed by atoms with Crippen LogP contribution in [0.15, 0.2) is 80.4 Å². The standard InChI is InChI=1S/C29H21ClO8/c1-3-12-34-28(32)17-4-7-20(8-5-17)36-27-16(2)35-24-15-21(9-10-22(24)26(27)31)37-29(33)25-14-18-13-19(30)6-11-23(18)38-25/h4-11,13-15H,3,12H2,1-2H3. The minimum atomic E-state index is -0.710. The normalized spacial score (nSPS) is 11.0. The Balaban J connectivity index is 1.35. The second-order valence-electron chi connectivity index (χ2n) is 8.42. The van der Waals surface area contributed by atoms with Gasteiger partial charge in [-0.1, -0.05) is 18.5 Å². The van der Waals surface area contributed by atoms with E-state index in [-0.39, 0.29) is 34.0 Å². The number of hydrogen-bond acceptors (Lipinski definition) is 8. The van der Waals surface area contributed by atoms with Crippen LogP contribution < -0.4 is 14.9 Å². The van der Waals surface area contributed by atoms with Crippen LogP contribution in [-0.4, -0.2) is 18.5 Å². The summed E-state index contributed by atoms with van der Waals surface area (Å²) in [6, 6.07) is 17.2. The van der Waals surface area contributed by atoms with Crippen LogP contribution in [0.5, 0.6) is 17.2 Å². The predicted molar refractivity (Wildman–Crippen MR) is 140 cm³/mol. The van der Waals surface area contributed by atoms with Gasteiger partial charge in [-0.15, -0.1) is 0 Å². The largest absolute Gasteiger partial charge is 0.462 e. The van der Waals surface area contributed by atoms with E-state index >= 15 is 0 Å². The van der Waals surface area contributed by atoms with Gasteiger partial charge >= 0.3 is 11.9 Å². The molecule has 0 fully saturated rings. The molecule has 0 atom stereocenters. The maximum absolute atomic E-state index is 13.1. The lowest BCUT2D eigenvalue weighted by atomic mass is 10.2. The predicted octanol–water partition coefficient (Wildman–Crippen LogP) is 7.08. The number of aryl methyl sites for hydroxylation is 1. The molecule has 2 heterocycles. The number of esters is 2. The smallest absolute Gasteiger partial charge is 0.379 e. The zero-order valence-corrected chi connectivity index (χ0v) is 21.2. The number of rotatable bonds is 7. The van der Waals surface area contributed by atoms with Gasteiger partial charge in [-0.05, 0) is 74.0 Å². The number of benzene rings is 3. The lowest BCUT2D eigenvalue weighted by Crippen LogP contribution is -2.09. The zero-order chi connectivity index (χ0) is 26.8. The number of furan rings is 1. The fourth-order valence-electron chi connectivity index (χ4n) is 3.78. The minimum absolute atomic E-state index is 0.00416. The minimum Gasteiger partial charge on any atom is -0.462 e. The number of carbonyl (C=O) groups excluding carboxylic acids is 2. The molecule has 0 unspecified atom stereocenters. The second-order valence-corrected chi connectivity index (χ2v) is 8.86. The van der Waals surface area contributed by atoms with Gasteiger partial charge in [0, 0.05) is 16.5 Å². The Morgan fingerprint density at radius 2 is 1.63 bits per heavy atom. The van der Waals surface area contributed by atoms with Crippen LogP contribution in [0.25, 0.3) is 21.9 Å². The zero-order valence-electron chi connectivity index (χ0n) is 20.4. The van der Waals surface area contributed by atoms with Crippen molar-refractivity contribution in [1.29, 1.82) is 0 Å². The highest BCUT2D eigenvalue weighted by Gasteiger charge is 2.18. The Morgan fingerprint density at radius 1 is 0.868 bits per heavy atom. The van der Waals surface area contributed by atoms with Gasteiger partial charge in [-0.25, -0.2) is 9.59 Å². The van der Waals surface area contributed by atoms with Gasteiger partial charge < -0.3 is 23.0 Å². The van der Waals surface area contributed by atoms with Crippen molar-refractivity contribution in [3.05, 3.63) is 99.1 Å². The van der Waals surface area contributed by atoms with Crippen molar-refractivity contribution in [3.8, 4) is 17.2 Å². The SMILES string of the molecule is CCCOC(=O)c1ccc(Oc2c(C)oc3cc(OC(=O)c4cc5cc(Cl)ccc5o4)ccc3c2=O)cc1. The summed E-state index contributed by atoms with van der Waals surface area (Å²) in [4.78, 5) is 37.7. The number of halogens is 1. The molecule has 8 nitrogen and oxygen atoms in total. The van der Waals surface area contributed by atoms with Gasteiger partial charge in [0.25, 0.3) is 0 Å². The molecule has 0 bridgehead atoms. The Morgan fingerprint density at radius 3 is 2.39 bits per heavy atom. The Labute approximate surface area is 221 Å². The second kappa shape index (κ2) is 10.4. The summed E-state index contributed by atoms with van der Waals surface area (Å²) in [5, 5.41) is 1.43. The molecule has 0 spiro atoms. The molecule has 0 saturated carbocycles. The topological polar surface area (TPSA) is 105 Å². The molecule has 3 aromatic carbocycles. The maximum atomic E-state index is 13.1. The van der Waals surface area contributed by atoms with Gasteiger partial charge in [-0.2, -0.15) is 0 Å². The molecule has 0 aliphatic heterocycles. The van der Waals surface area contributed by atoms with Crippen LogP contribution >= 0.6 is 11.6 Å². The fourth-order valence-corrected chi connectivity index (χ4v) is 3.96. The molecule has 5 aromatic rings. The van der Waals surface area contributed by atoms with Crippen LogP contribution in [0.1, 0.15) is 40.0 Å². The van der Waals surface area contributed by atoms with Gasteiger partial charge in [0.1, 0.15) is 28.4 Å². The molecule has 0 amide bonds. The van der Waals surface area contributed by atoms with E-state index in [1.807, 2.05) is 6.92 Å². The average Bonchev–Trinajstić information content (AvgIpc) is 3.33. The first-order valence-corrected chi connectivity index (χ1v) is 12.1. The van der Waals surface area contributed by atoms with Crippen LogP contribution in [0, 0.1) is 6.92 Å². The van der Waals surface area contributed by atoms with E-state index < -0.39 is 17.4 Å². The van der Waals surface area contributed by atoms with Gasteiger partial charge in [0.05, 0.1) is 17.6 Å². The highest BCUT2D eigenvalue weighted by molar-refractivity contribution is 6.31. The quantitative estimate of drug-likeness (QED) is 0.162. The van der Waals surface area contributed by atoms with Gasteiger partial charge in [-0.3, -0.25) is 4.79 Å². The molecule has 0 radical (unpaired) electrons. The molecule has 9 heteroatoms. The monoisotopic (exact) mass is 532 g/mol. The molecule has 2 aromatic heterocycles. The number of hydrogen-bond donors (Lipinski definition) is 0. The van der Waals surface area contributed by atoms with Crippen LogP contribution in [0.4, 0.5) is 0 Å².